The number of likely N-dealkylation sites (tertiary alicyclic amines) is 1. The Morgan fingerprint density at radius 2 is 1.64 bits per heavy atom. The second-order valence-electron chi connectivity index (χ2n) is 15.4. The maximum absolute atomic E-state index is 13.2. The van der Waals surface area contributed by atoms with E-state index in [9.17, 15) is 19.2 Å². The molecule has 302 valence electrons. The lowest BCUT2D eigenvalue weighted by atomic mass is 9.97. The Labute approximate surface area is 335 Å². The number of carbonyl (C=O) groups excluding carboxylic acids is 2. The van der Waals surface area contributed by atoms with E-state index in [1.165, 1.54) is 5.56 Å². The van der Waals surface area contributed by atoms with Gasteiger partial charge in [-0.25, -0.2) is 14.6 Å². The summed E-state index contributed by atoms with van der Waals surface area (Å²) in [6, 6.07) is 27.6. The Kier molecular flexibility index (Phi) is 12.5. The fourth-order valence-electron chi connectivity index (χ4n) is 7.21. The molecule has 0 spiro atoms. The number of aromatic amines is 2. The number of nitrogens with zero attached hydrogens (tertiary/aromatic N) is 3. The fraction of sp³-hybridized carbons (Fsp3) is 0.341. The van der Waals surface area contributed by atoms with Gasteiger partial charge in [0.15, 0.2) is 0 Å². The van der Waals surface area contributed by atoms with E-state index in [-0.39, 0.29) is 49.6 Å². The summed E-state index contributed by atoms with van der Waals surface area (Å²) in [6.45, 7) is 8.70. The number of ether oxygens (including phenoxy) is 3. The summed E-state index contributed by atoms with van der Waals surface area (Å²) in [4.78, 5) is 63.2. The Morgan fingerprint density at radius 3 is 2.40 bits per heavy atom. The number of imidazole rings is 1. The largest absolute Gasteiger partial charge is 0.444 e. The first kappa shape index (κ1) is 40.1. The van der Waals surface area contributed by atoms with Crippen LogP contribution in [0.2, 0.25) is 0 Å². The van der Waals surface area contributed by atoms with Crippen LogP contribution in [0.1, 0.15) is 45.2 Å². The molecule has 0 bridgehead atoms. The predicted octanol–water partition coefficient (Wildman–Crippen LogP) is 6.23. The maximum Gasteiger partial charge on any atom is 0.407 e. The van der Waals surface area contributed by atoms with Gasteiger partial charge >= 0.3 is 11.8 Å². The number of alkyl carbamates (subject to hydrolysis) is 1. The van der Waals surface area contributed by atoms with Gasteiger partial charge in [-0.1, -0.05) is 54.6 Å². The number of amides is 2. The fourth-order valence-corrected chi connectivity index (χ4v) is 7.21. The summed E-state index contributed by atoms with van der Waals surface area (Å²) in [6.07, 6.45) is 2.72. The number of carbonyl (C=O) groups is 2. The van der Waals surface area contributed by atoms with Gasteiger partial charge in [-0.05, 0) is 75.1 Å². The Bertz CT molecular complexity index is 2480. The van der Waals surface area contributed by atoms with Gasteiger partial charge in [0.1, 0.15) is 12.2 Å². The number of H-pyrrole nitrogens is 2. The molecule has 6 aromatic rings. The SMILES string of the molecule is CC(C)(C)OC(=O)NCCOCCOCC(=O)Nc1ccc2[nH]c(=O)n(C3CCN(Cc4ccc(-c5nc6cc[nH]c(=O)c6cc5-c5ccccc5)cc4)CC3)c2c1. The van der Waals surface area contributed by atoms with Crippen LogP contribution in [-0.2, 0) is 25.5 Å². The molecule has 4 N–H and O–H groups in total. The zero-order valence-electron chi connectivity index (χ0n) is 33.0. The van der Waals surface area contributed by atoms with E-state index in [0.29, 0.717) is 28.7 Å². The quantitative estimate of drug-likeness (QED) is 0.0934. The van der Waals surface area contributed by atoms with Crippen LogP contribution < -0.4 is 21.9 Å². The predicted molar refractivity (Wildman–Crippen MR) is 224 cm³/mol. The third kappa shape index (κ3) is 10.1. The summed E-state index contributed by atoms with van der Waals surface area (Å²) in [5.74, 6) is -0.321. The first-order valence-corrected chi connectivity index (χ1v) is 19.6. The van der Waals surface area contributed by atoms with Gasteiger partial charge in [-0.3, -0.25) is 19.1 Å². The minimum absolute atomic E-state index is 0.0103. The average molecular weight is 788 g/mol. The zero-order chi connectivity index (χ0) is 40.6. The van der Waals surface area contributed by atoms with Crippen molar-refractivity contribution in [3.63, 3.8) is 0 Å². The number of nitrogens with one attached hydrogen (secondary N) is 4. The van der Waals surface area contributed by atoms with Crippen LogP contribution >= 0.6 is 0 Å². The van der Waals surface area contributed by atoms with E-state index in [2.05, 4.69) is 49.8 Å². The van der Waals surface area contributed by atoms with Gasteiger partial charge in [0, 0.05) is 55.2 Å². The molecule has 0 saturated carbocycles. The number of anilines is 1. The highest BCUT2D eigenvalue weighted by atomic mass is 16.6. The summed E-state index contributed by atoms with van der Waals surface area (Å²) < 4.78 is 17.9. The summed E-state index contributed by atoms with van der Waals surface area (Å²) in [5.41, 5.74) is 6.63. The van der Waals surface area contributed by atoms with Gasteiger partial charge in [0.25, 0.3) is 5.56 Å². The zero-order valence-corrected chi connectivity index (χ0v) is 33.0. The second kappa shape index (κ2) is 18.0. The molecule has 1 fully saturated rings. The minimum atomic E-state index is -0.566. The molecule has 0 radical (unpaired) electrons. The number of piperidine rings is 1. The molecule has 7 rings (SSSR count). The van der Waals surface area contributed by atoms with Crippen LogP contribution in [0, 0.1) is 0 Å². The van der Waals surface area contributed by atoms with Crippen LogP contribution in [0.15, 0.2) is 101 Å². The number of pyridine rings is 2. The summed E-state index contributed by atoms with van der Waals surface area (Å²) >= 11 is 0. The molecule has 14 heteroatoms. The summed E-state index contributed by atoms with van der Waals surface area (Å²) in [5, 5.41) is 6.03. The van der Waals surface area contributed by atoms with Crippen molar-refractivity contribution in [1.82, 2.24) is 29.7 Å². The van der Waals surface area contributed by atoms with Crippen LogP contribution in [-0.4, -0.2) is 88.1 Å². The van der Waals surface area contributed by atoms with Crippen molar-refractivity contribution in [1.29, 1.82) is 0 Å². The molecular weight excluding hydrogens is 739 g/mol. The molecule has 14 nitrogen and oxygen atoms in total. The van der Waals surface area contributed by atoms with Crippen molar-refractivity contribution >= 4 is 39.6 Å². The van der Waals surface area contributed by atoms with Gasteiger partial charge in [0.05, 0.1) is 47.5 Å². The molecule has 0 atom stereocenters. The molecular formula is C44H49N7O7. The molecule has 1 aliphatic heterocycles. The summed E-state index contributed by atoms with van der Waals surface area (Å²) in [7, 11) is 0. The van der Waals surface area contributed by atoms with Crippen LogP contribution in [0.3, 0.4) is 0 Å². The molecule has 3 aromatic heterocycles. The van der Waals surface area contributed by atoms with Crippen molar-refractivity contribution in [2.45, 2.75) is 51.8 Å². The van der Waals surface area contributed by atoms with Crippen molar-refractivity contribution < 1.29 is 23.8 Å². The molecule has 1 saturated heterocycles. The Morgan fingerprint density at radius 1 is 0.879 bits per heavy atom. The van der Waals surface area contributed by atoms with Gasteiger partial charge in [-0.2, -0.15) is 0 Å². The van der Waals surface area contributed by atoms with E-state index in [4.69, 9.17) is 19.2 Å². The number of hydrogen-bond acceptors (Lipinski definition) is 9. The van der Waals surface area contributed by atoms with Crippen LogP contribution in [0.5, 0.6) is 0 Å². The van der Waals surface area contributed by atoms with E-state index in [0.717, 1.165) is 60.4 Å². The lowest BCUT2D eigenvalue weighted by Gasteiger charge is -2.32. The Hall–Kier alpha value is -6.09. The Balaban J connectivity index is 0.907. The third-order valence-corrected chi connectivity index (χ3v) is 9.91. The standard InChI is InChI=1S/C44H49N7O7/c1-44(2,3)58-43(55)46-19-22-56-23-24-57-28-39(52)47-32-13-14-37-38(25-32)51(42(54)49-37)33-16-20-50(21-17-33)27-29-9-11-31(12-10-29)40-34(30-7-5-4-6-8-30)26-35-36(48-40)15-18-45-41(35)53/h4-15,18,25-26,33H,16-17,19-24,27-28H2,1-3H3,(H,45,53)(H,46,55)(H,47,52)(H,49,54). The van der Waals surface area contributed by atoms with Crippen molar-refractivity contribution in [2.75, 3.05) is 51.4 Å². The van der Waals surface area contributed by atoms with Crippen molar-refractivity contribution in [3.05, 3.63) is 118 Å². The van der Waals surface area contributed by atoms with Gasteiger partial charge in [-0.15, -0.1) is 0 Å². The smallest absolute Gasteiger partial charge is 0.407 e. The van der Waals surface area contributed by atoms with E-state index in [1.807, 2.05) is 53.1 Å². The van der Waals surface area contributed by atoms with Gasteiger partial charge < -0.3 is 34.8 Å². The molecule has 4 heterocycles. The first-order chi connectivity index (χ1) is 28.0. The van der Waals surface area contributed by atoms with Crippen LogP contribution in [0.25, 0.3) is 44.3 Å². The van der Waals surface area contributed by atoms with Crippen LogP contribution in [0.4, 0.5) is 10.5 Å². The monoisotopic (exact) mass is 787 g/mol. The molecule has 1 aliphatic rings. The average Bonchev–Trinajstić information content (AvgIpc) is 3.53. The highest BCUT2D eigenvalue weighted by molar-refractivity contribution is 5.94. The van der Waals surface area contributed by atoms with E-state index >= 15 is 0 Å². The normalized spacial score (nSPS) is 13.8. The third-order valence-electron chi connectivity index (χ3n) is 9.91. The molecule has 2 amide bonds. The highest BCUT2D eigenvalue weighted by Gasteiger charge is 2.24. The second-order valence-corrected chi connectivity index (χ2v) is 15.4. The number of rotatable bonds is 14. The number of aromatic nitrogens is 4. The van der Waals surface area contributed by atoms with Crippen molar-refractivity contribution in [2.24, 2.45) is 0 Å². The molecule has 0 aliphatic carbocycles. The van der Waals surface area contributed by atoms with E-state index in [1.54, 1.807) is 39.1 Å². The maximum atomic E-state index is 13.2. The molecule has 0 unspecified atom stereocenters. The first-order valence-electron chi connectivity index (χ1n) is 19.6. The number of benzene rings is 3. The van der Waals surface area contributed by atoms with Gasteiger partial charge in [0.2, 0.25) is 5.91 Å². The lowest BCUT2D eigenvalue weighted by Crippen LogP contribution is -2.36. The highest BCUT2D eigenvalue weighted by Crippen LogP contribution is 2.33. The lowest BCUT2D eigenvalue weighted by molar-refractivity contribution is -0.121. The molecule has 3 aromatic carbocycles. The minimum Gasteiger partial charge on any atom is -0.444 e. The number of fused-ring (bicyclic) bond motifs is 2. The topological polar surface area (TPSA) is 173 Å². The number of hydrogen-bond donors (Lipinski definition) is 4. The molecule has 58 heavy (non-hydrogen) atoms. The van der Waals surface area contributed by atoms with E-state index < -0.39 is 11.7 Å². The van der Waals surface area contributed by atoms with Crippen molar-refractivity contribution in [3.8, 4) is 22.4 Å².